The number of hydrogen-bond acceptors (Lipinski definition) is 5. The Bertz CT molecular complexity index is 537. The predicted molar refractivity (Wildman–Crippen MR) is 72.8 cm³/mol. The van der Waals surface area contributed by atoms with Crippen LogP contribution in [0.4, 0.5) is 11.6 Å². The van der Waals surface area contributed by atoms with Gasteiger partial charge in [-0.25, -0.2) is 4.98 Å². The maximum Gasteiger partial charge on any atom is 0.223 e. The van der Waals surface area contributed by atoms with Crippen LogP contribution < -0.4 is 15.4 Å². The molecule has 0 radical (unpaired) electrons. The highest BCUT2D eigenvalue weighted by atomic mass is 16.5. The van der Waals surface area contributed by atoms with E-state index in [2.05, 4.69) is 9.97 Å². The Morgan fingerprint density at radius 2 is 1.78 bits per heavy atom. The van der Waals surface area contributed by atoms with Crippen LogP contribution >= 0.6 is 0 Å². The van der Waals surface area contributed by atoms with E-state index in [-0.39, 0.29) is 5.95 Å². The minimum atomic E-state index is 0.209. The fourth-order valence-electron chi connectivity index (χ4n) is 1.63. The van der Waals surface area contributed by atoms with Crippen molar-refractivity contribution in [1.29, 1.82) is 0 Å². The van der Waals surface area contributed by atoms with E-state index in [4.69, 9.17) is 10.5 Å². The van der Waals surface area contributed by atoms with Gasteiger partial charge in [0.15, 0.2) is 0 Å². The molecule has 0 spiro atoms. The van der Waals surface area contributed by atoms with E-state index in [9.17, 15) is 0 Å². The minimum absolute atomic E-state index is 0.209. The molecule has 0 aliphatic carbocycles. The van der Waals surface area contributed by atoms with Crippen LogP contribution in [0.2, 0.25) is 0 Å². The van der Waals surface area contributed by atoms with Gasteiger partial charge in [0.1, 0.15) is 0 Å². The molecule has 0 fully saturated rings. The van der Waals surface area contributed by atoms with Crippen LogP contribution in [-0.4, -0.2) is 31.2 Å². The molecular weight excluding hydrogens is 228 g/mol. The van der Waals surface area contributed by atoms with Gasteiger partial charge in [0.2, 0.25) is 11.8 Å². The molecule has 2 N–H and O–H groups in total. The fraction of sp³-hybridized carbons (Fsp3) is 0.231. The van der Waals surface area contributed by atoms with Gasteiger partial charge in [-0.15, -0.1) is 0 Å². The van der Waals surface area contributed by atoms with Crippen molar-refractivity contribution in [2.45, 2.75) is 0 Å². The molecule has 0 saturated carbocycles. The topological polar surface area (TPSA) is 64.3 Å². The minimum Gasteiger partial charge on any atom is -0.481 e. The Labute approximate surface area is 106 Å². The highest BCUT2D eigenvalue weighted by Gasteiger charge is 2.05. The van der Waals surface area contributed by atoms with E-state index in [1.807, 2.05) is 43.3 Å². The van der Waals surface area contributed by atoms with Gasteiger partial charge in [-0.2, -0.15) is 4.98 Å². The summed E-state index contributed by atoms with van der Waals surface area (Å²) >= 11 is 0. The van der Waals surface area contributed by atoms with E-state index < -0.39 is 0 Å². The summed E-state index contributed by atoms with van der Waals surface area (Å²) in [5.74, 6) is 0.676. The Morgan fingerprint density at radius 3 is 2.33 bits per heavy atom. The first-order valence-corrected chi connectivity index (χ1v) is 5.56. The quantitative estimate of drug-likeness (QED) is 0.892. The van der Waals surface area contributed by atoms with E-state index in [0.717, 1.165) is 16.9 Å². The highest BCUT2D eigenvalue weighted by Crippen LogP contribution is 2.23. The van der Waals surface area contributed by atoms with Gasteiger partial charge in [0, 0.05) is 31.4 Å². The lowest BCUT2D eigenvalue weighted by atomic mass is 10.1. The maximum atomic E-state index is 5.64. The van der Waals surface area contributed by atoms with Gasteiger partial charge >= 0.3 is 0 Å². The number of nitrogen functional groups attached to an aromatic ring is 1. The van der Waals surface area contributed by atoms with Crippen molar-refractivity contribution in [3.8, 4) is 17.1 Å². The summed E-state index contributed by atoms with van der Waals surface area (Å²) < 4.78 is 5.08. The van der Waals surface area contributed by atoms with Gasteiger partial charge in [-0.3, -0.25) is 0 Å². The fourth-order valence-corrected chi connectivity index (χ4v) is 1.63. The Morgan fingerprint density at radius 1 is 1.11 bits per heavy atom. The Kier molecular flexibility index (Phi) is 3.32. The lowest BCUT2D eigenvalue weighted by molar-refractivity contribution is 0.398. The zero-order chi connectivity index (χ0) is 13.1. The molecule has 1 aromatic heterocycles. The van der Waals surface area contributed by atoms with Gasteiger partial charge in [0.25, 0.3) is 0 Å². The summed E-state index contributed by atoms with van der Waals surface area (Å²) in [7, 11) is 5.56. The first-order chi connectivity index (χ1) is 8.60. The predicted octanol–water partition coefficient (Wildman–Crippen LogP) is 1.80. The molecule has 0 atom stereocenters. The van der Waals surface area contributed by atoms with E-state index in [1.54, 1.807) is 13.2 Å². The van der Waals surface area contributed by atoms with Crippen LogP contribution in [0.15, 0.2) is 30.3 Å². The molecule has 18 heavy (non-hydrogen) atoms. The number of hydrogen-bond donors (Lipinski definition) is 1. The Balaban J connectivity index is 2.39. The second-order valence-corrected chi connectivity index (χ2v) is 4.10. The highest BCUT2D eigenvalue weighted by molar-refractivity contribution is 5.64. The monoisotopic (exact) mass is 244 g/mol. The van der Waals surface area contributed by atoms with Crippen molar-refractivity contribution < 1.29 is 4.74 Å². The first kappa shape index (κ1) is 12.2. The summed E-state index contributed by atoms with van der Waals surface area (Å²) in [5.41, 5.74) is 8.51. The molecule has 2 rings (SSSR count). The summed E-state index contributed by atoms with van der Waals surface area (Å²) in [6.45, 7) is 0. The summed E-state index contributed by atoms with van der Waals surface area (Å²) in [6, 6.07) is 9.81. The lowest BCUT2D eigenvalue weighted by Gasteiger charge is -2.12. The van der Waals surface area contributed by atoms with Gasteiger partial charge in [-0.05, 0) is 12.1 Å². The smallest absolute Gasteiger partial charge is 0.223 e. The van der Waals surface area contributed by atoms with E-state index >= 15 is 0 Å². The SMILES string of the molecule is COc1cc(-c2ccc(N(C)C)cc2)nc(N)n1. The normalized spacial score (nSPS) is 10.2. The molecule has 0 aliphatic heterocycles. The maximum absolute atomic E-state index is 5.64. The number of ether oxygens (including phenoxy) is 1. The first-order valence-electron chi connectivity index (χ1n) is 5.56. The lowest BCUT2D eigenvalue weighted by Crippen LogP contribution is -2.08. The number of rotatable bonds is 3. The third-order valence-corrected chi connectivity index (χ3v) is 2.61. The van der Waals surface area contributed by atoms with Crippen LogP contribution in [0.3, 0.4) is 0 Å². The average molecular weight is 244 g/mol. The zero-order valence-electron chi connectivity index (χ0n) is 10.7. The molecule has 1 heterocycles. The molecule has 0 amide bonds. The van der Waals surface area contributed by atoms with Crippen molar-refractivity contribution in [2.24, 2.45) is 0 Å². The largest absolute Gasteiger partial charge is 0.481 e. The summed E-state index contributed by atoms with van der Waals surface area (Å²) in [4.78, 5) is 10.2. The van der Waals surface area contributed by atoms with Crippen LogP contribution in [0.1, 0.15) is 0 Å². The number of nitrogens with zero attached hydrogens (tertiary/aromatic N) is 3. The number of anilines is 2. The number of aromatic nitrogens is 2. The van der Waals surface area contributed by atoms with Crippen LogP contribution in [0.25, 0.3) is 11.3 Å². The van der Waals surface area contributed by atoms with Crippen LogP contribution in [0, 0.1) is 0 Å². The second-order valence-electron chi connectivity index (χ2n) is 4.10. The molecule has 2 aromatic rings. The molecular formula is C13H16N4O. The van der Waals surface area contributed by atoms with Crippen molar-refractivity contribution in [3.05, 3.63) is 30.3 Å². The van der Waals surface area contributed by atoms with Gasteiger partial charge < -0.3 is 15.4 Å². The van der Waals surface area contributed by atoms with Crippen LogP contribution in [0.5, 0.6) is 5.88 Å². The molecule has 0 unspecified atom stereocenters. The van der Waals surface area contributed by atoms with E-state index in [1.165, 1.54) is 0 Å². The Hall–Kier alpha value is -2.30. The summed E-state index contributed by atoms with van der Waals surface area (Å²) in [5, 5.41) is 0. The number of methoxy groups -OCH3 is 1. The molecule has 0 bridgehead atoms. The molecule has 0 saturated heterocycles. The van der Waals surface area contributed by atoms with Gasteiger partial charge in [0.05, 0.1) is 12.8 Å². The molecule has 94 valence electrons. The molecule has 0 aliphatic rings. The third-order valence-electron chi connectivity index (χ3n) is 2.61. The van der Waals surface area contributed by atoms with Crippen molar-refractivity contribution in [3.63, 3.8) is 0 Å². The molecule has 1 aromatic carbocycles. The number of nitrogens with two attached hydrogens (primary N) is 1. The van der Waals surface area contributed by atoms with Crippen LogP contribution in [-0.2, 0) is 0 Å². The van der Waals surface area contributed by atoms with Crippen molar-refractivity contribution in [1.82, 2.24) is 9.97 Å². The third kappa shape index (κ3) is 2.51. The standard InChI is InChI=1S/C13H16N4O/c1-17(2)10-6-4-9(5-7-10)11-8-12(18-3)16-13(14)15-11/h4-8H,1-3H3,(H2,14,15,16). The zero-order valence-corrected chi connectivity index (χ0v) is 10.7. The van der Waals surface area contributed by atoms with Crippen molar-refractivity contribution >= 4 is 11.6 Å². The second kappa shape index (κ2) is 4.91. The van der Waals surface area contributed by atoms with Crippen molar-refractivity contribution in [2.75, 3.05) is 31.8 Å². The number of benzene rings is 1. The molecule has 5 nitrogen and oxygen atoms in total. The van der Waals surface area contributed by atoms with E-state index in [0.29, 0.717) is 5.88 Å². The average Bonchev–Trinajstić information content (AvgIpc) is 2.38. The van der Waals surface area contributed by atoms with Gasteiger partial charge in [-0.1, -0.05) is 12.1 Å². The molecule has 5 heteroatoms. The summed E-state index contributed by atoms with van der Waals surface area (Å²) in [6.07, 6.45) is 0.